The Morgan fingerprint density at radius 1 is 0.423 bits per heavy atom. The highest BCUT2D eigenvalue weighted by molar-refractivity contribution is 5.90. The van der Waals surface area contributed by atoms with E-state index in [0.717, 1.165) is 32.1 Å². The molecule has 0 saturated carbocycles. The van der Waals surface area contributed by atoms with Gasteiger partial charge in [-0.25, -0.2) is 5.90 Å². The maximum absolute atomic E-state index is 11.8. The molecule has 0 spiro atoms. The standard InChI is InChI=1S/C19H35N5O6.C11H22N4O4.C10H17N3O4.C9H20N2O3.C8H15N3O3.C3H10N2O.4CH4/c1-15(25)24-16(19(28)20-2)8-9-18(27)22-11-12-23-30-14-5-4-10-21-17(26)7-6-13-29-3;1-7(16)15-9(11(19)13-2)3-4-10(18)14-6-8(17)5-12;1-7(15)13-8(10(17)11-2)3-4-9(16)12-5-6-14;1-13-7-4-5-9(12)11-6-2-3-8-14-10;1-5(12)11-6(8(14)10-2)3-4-7(9)13;4-1-3(6)2-5;;;;/h12,16H,4-11,13-14H2,1-3H3,(H,20,28)(H,21,26)(H,22,27)(H,24,25);8-9,17H,3-6,12H2,1-2H3,(H,13,19)(H,14,18)(H,15,16);6,8H,3-5H2,1-2H3,(H,11,17)(H,12,16)(H,13,15);2-8,10H2,1H3,(H,11,12);6H,3-4H2,1-2H3,(H2,9,13)(H,10,14)(H,11,12);3,6H,1-2,4-5H2;4*1H4/b23-12+;;;;;;;;;/t16-;8?,9-;8-;;6-;;;;;/m000.0...../s1. The molecule has 0 heterocycles. The maximum atomic E-state index is 11.8. The van der Waals surface area contributed by atoms with Crippen LogP contribution in [-0.4, -0.2) is 263 Å². The highest BCUT2D eigenvalue weighted by Gasteiger charge is 2.22. The molecule has 14 amide bonds. The summed E-state index contributed by atoms with van der Waals surface area (Å²) in [7, 11) is 9.06. The normalized spacial score (nSPS) is 11.1. The zero-order chi connectivity index (χ0) is 77.5. The minimum Gasteiger partial charge on any atom is -0.396 e. The van der Waals surface area contributed by atoms with Crippen LogP contribution in [0.25, 0.3) is 0 Å². The van der Waals surface area contributed by atoms with Crippen LogP contribution in [0.4, 0.5) is 0 Å². The first-order chi connectivity index (χ1) is 47.4. The molecule has 40 heteroatoms. The van der Waals surface area contributed by atoms with Crippen molar-refractivity contribution in [2.24, 2.45) is 34.0 Å². The predicted octanol–water partition coefficient (Wildman–Crippen LogP) is -5.24. The number of carbonyl (C=O) groups is 15. The van der Waals surface area contributed by atoms with Gasteiger partial charge in [0.25, 0.3) is 0 Å². The van der Waals surface area contributed by atoms with Crippen molar-refractivity contribution >= 4 is 95.2 Å². The van der Waals surface area contributed by atoms with Gasteiger partial charge in [0.1, 0.15) is 37.1 Å². The first kappa shape index (κ1) is 117. The molecule has 0 rings (SSSR count). The largest absolute Gasteiger partial charge is 0.396 e. The summed E-state index contributed by atoms with van der Waals surface area (Å²) < 4.78 is 9.73. The summed E-state index contributed by atoms with van der Waals surface area (Å²) in [5.41, 5.74) is 20.0. The average Bonchev–Trinajstić information content (AvgIpc) is 0.955. The molecule has 0 fully saturated rings. The Kier molecular flexibility index (Phi) is 93.3. The second kappa shape index (κ2) is 83.3. The number of oxime groups is 1. The molecule has 104 heavy (non-hydrogen) atoms. The van der Waals surface area contributed by atoms with Crippen LogP contribution in [0.5, 0.6) is 0 Å². The third-order valence-corrected chi connectivity index (χ3v) is 12.2. The number of ether oxygens (including phenoxy) is 2. The van der Waals surface area contributed by atoms with Gasteiger partial charge in [0.2, 0.25) is 82.7 Å². The summed E-state index contributed by atoms with van der Waals surface area (Å²) in [4.78, 5) is 176. The maximum Gasteiger partial charge on any atom is 0.242 e. The molecule has 0 aliphatic carbocycles. The van der Waals surface area contributed by atoms with Crippen LogP contribution in [-0.2, 0) is 91.1 Å². The van der Waals surface area contributed by atoms with Crippen LogP contribution in [0.3, 0.4) is 0 Å². The Balaban J connectivity index is -0.000000132. The zero-order valence-corrected chi connectivity index (χ0v) is 59.9. The van der Waals surface area contributed by atoms with Crippen LogP contribution in [0.1, 0.15) is 160 Å². The number of hydrogen-bond acceptors (Lipinski definition) is 26. The first-order valence-electron chi connectivity index (χ1n) is 32.3. The molecule has 1 unspecified atom stereocenters. The number of hydrogen-bond donors (Lipinski definition) is 20. The molecule has 0 aliphatic heterocycles. The van der Waals surface area contributed by atoms with Gasteiger partial charge >= 0.3 is 0 Å². The molecule has 0 saturated heterocycles. The number of aldehydes is 1. The lowest BCUT2D eigenvalue weighted by Gasteiger charge is -2.16. The third-order valence-electron chi connectivity index (χ3n) is 12.2. The fourth-order valence-electron chi connectivity index (χ4n) is 6.99. The van der Waals surface area contributed by atoms with Gasteiger partial charge < -0.3 is 126 Å². The Bertz CT molecular complexity index is 2330. The van der Waals surface area contributed by atoms with Gasteiger partial charge in [-0.15, -0.1) is 0 Å². The number of unbranched alkanes of at least 4 members (excludes halogenated alkanes) is 2. The number of nitrogens with two attached hydrogens (primary N) is 5. The van der Waals surface area contributed by atoms with Crippen molar-refractivity contribution in [2.75, 3.05) is 121 Å². The number of methoxy groups -OCH3 is 2. The molecule has 612 valence electrons. The van der Waals surface area contributed by atoms with Crippen molar-refractivity contribution in [3.8, 4) is 0 Å². The number of primary amides is 1. The van der Waals surface area contributed by atoms with Crippen LogP contribution in [0.15, 0.2) is 5.16 Å². The summed E-state index contributed by atoms with van der Waals surface area (Å²) in [5.74, 6) is 0.808. The van der Waals surface area contributed by atoms with Gasteiger partial charge in [0, 0.05) is 161 Å². The smallest absolute Gasteiger partial charge is 0.242 e. The lowest BCUT2D eigenvalue weighted by atomic mass is 10.1. The number of rotatable bonds is 48. The molecule has 0 aromatic rings. The summed E-state index contributed by atoms with van der Waals surface area (Å²) in [6, 6.07) is -2.91. The Hall–Kier alpha value is -8.64. The SMILES string of the molecule is C.C.C.C.CNC(=O)[C@H](CCC(=O)NC/C=N/OCCCCNC(=O)CCCOC)NC(C)=O.CNC(=O)[C@H](CCC(=O)NCC(O)CN)NC(C)=O.CNC(=O)[C@H](CCC(=O)NCC=O)NC(C)=O.CNC(=O)[C@H](CCC(N)=O)NC(C)=O.COCCCC(=O)NCCCCON.NCC(O)CN. The van der Waals surface area contributed by atoms with Crippen molar-refractivity contribution in [1.82, 2.24) is 69.1 Å². The van der Waals surface area contributed by atoms with Gasteiger partial charge in [-0.05, 0) is 64.2 Å². The topological polar surface area (TPSA) is 632 Å². The summed E-state index contributed by atoms with van der Waals surface area (Å²) in [5, 5.41) is 53.9. The van der Waals surface area contributed by atoms with Crippen molar-refractivity contribution < 1.29 is 101 Å². The molecule has 0 bridgehead atoms. The number of nitrogens with zero attached hydrogens (tertiary/aromatic N) is 1. The van der Waals surface area contributed by atoms with E-state index < -0.39 is 42.3 Å². The molecule has 0 aromatic carbocycles. The van der Waals surface area contributed by atoms with E-state index in [1.54, 1.807) is 14.2 Å². The third kappa shape index (κ3) is 85.8. The van der Waals surface area contributed by atoms with Gasteiger partial charge in [-0.3, -0.25) is 67.1 Å². The lowest BCUT2D eigenvalue weighted by molar-refractivity contribution is -0.128. The molecule has 0 aliphatic rings. The van der Waals surface area contributed by atoms with Gasteiger partial charge in [0.15, 0.2) is 0 Å². The second-order valence-corrected chi connectivity index (χ2v) is 21.0. The van der Waals surface area contributed by atoms with Gasteiger partial charge in [0.05, 0.1) is 38.1 Å². The summed E-state index contributed by atoms with van der Waals surface area (Å²) in [6.45, 7) is 9.45. The summed E-state index contributed by atoms with van der Waals surface area (Å²) >= 11 is 0. The molecule has 40 nitrogen and oxygen atoms in total. The second-order valence-electron chi connectivity index (χ2n) is 21.0. The Morgan fingerprint density at radius 2 is 0.740 bits per heavy atom. The monoisotopic (exact) mass is 1510 g/mol. The summed E-state index contributed by atoms with van der Waals surface area (Å²) in [6.07, 6.45) is 7.53. The van der Waals surface area contributed by atoms with E-state index in [9.17, 15) is 71.9 Å². The van der Waals surface area contributed by atoms with E-state index in [1.165, 1.54) is 62.1 Å². The fraction of sp³-hybridized carbons (Fsp3) is 0.750. The molecule has 0 aromatic heterocycles. The quantitative estimate of drug-likeness (QED) is 0.0117. The van der Waals surface area contributed by atoms with Crippen LogP contribution >= 0.6 is 0 Å². The number of carbonyl (C=O) groups excluding carboxylic acids is 15. The molecule has 5 atom stereocenters. The van der Waals surface area contributed by atoms with E-state index >= 15 is 0 Å². The molecular formula is C64H135N19O21. The highest BCUT2D eigenvalue weighted by Crippen LogP contribution is 2.02. The van der Waals surface area contributed by atoms with Crippen LogP contribution < -0.4 is 97.9 Å². The van der Waals surface area contributed by atoms with Gasteiger partial charge in [-0.2, -0.15) is 0 Å². The minimum absolute atomic E-state index is 0. The average molecular weight is 1510 g/mol. The van der Waals surface area contributed by atoms with Crippen LogP contribution in [0.2, 0.25) is 0 Å². The highest BCUT2D eigenvalue weighted by atomic mass is 16.6. The van der Waals surface area contributed by atoms with Crippen molar-refractivity contribution in [3.63, 3.8) is 0 Å². The van der Waals surface area contributed by atoms with Gasteiger partial charge in [-0.1, -0.05) is 34.9 Å². The Morgan fingerprint density at radius 3 is 1.03 bits per heavy atom. The first-order valence-corrected chi connectivity index (χ1v) is 32.3. The minimum atomic E-state index is -0.783. The zero-order valence-electron chi connectivity index (χ0n) is 59.9. The Labute approximate surface area is 615 Å². The van der Waals surface area contributed by atoms with E-state index in [-0.39, 0.29) is 197 Å². The number of likely N-dealkylation sites (N-methyl/N-ethyl adjacent to an activating group) is 4. The van der Waals surface area contributed by atoms with Crippen molar-refractivity contribution in [3.05, 3.63) is 0 Å². The molecule has 0 radical (unpaired) electrons. The van der Waals surface area contributed by atoms with Crippen molar-refractivity contribution in [2.45, 2.75) is 197 Å². The van der Waals surface area contributed by atoms with E-state index in [4.69, 9.17) is 53.4 Å². The van der Waals surface area contributed by atoms with Crippen LogP contribution in [0, 0.1) is 0 Å². The number of nitrogens with one attached hydrogen (secondary N) is 13. The van der Waals surface area contributed by atoms with E-state index in [2.05, 4.69) is 79.1 Å². The molecular weight excluding hydrogens is 1370 g/mol. The number of aliphatic hydroxyl groups is 2. The lowest BCUT2D eigenvalue weighted by Crippen LogP contribution is -2.45. The number of aliphatic hydroxyl groups excluding tert-OH is 2. The predicted molar refractivity (Wildman–Crippen MR) is 395 cm³/mol. The molecule has 25 N–H and O–H groups in total. The van der Waals surface area contributed by atoms with Crippen molar-refractivity contribution in [1.29, 1.82) is 0 Å². The van der Waals surface area contributed by atoms with E-state index in [1.807, 2.05) is 0 Å². The number of amides is 14. The fourth-order valence-corrected chi connectivity index (χ4v) is 6.99. The van der Waals surface area contributed by atoms with E-state index in [0.29, 0.717) is 65.1 Å².